The van der Waals surface area contributed by atoms with Gasteiger partial charge >= 0.3 is 0 Å². The van der Waals surface area contributed by atoms with E-state index in [1.165, 1.54) is 0 Å². The Morgan fingerprint density at radius 2 is 2.50 bits per heavy atom. The van der Waals surface area contributed by atoms with Crippen molar-refractivity contribution in [3.63, 3.8) is 0 Å². The largest absolute Gasteiger partial charge is 0.393 e. The van der Waals surface area contributed by atoms with Crippen molar-refractivity contribution in [3.05, 3.63) is 0 Å². The molecule has 2 amide bonds. The smallest absolute Gasteiger partial charge is 0.258 e. The van der Waals surface area contributed by atoms with Crippen molar-refractivity contribution in [3.8, 4) is 0 Å². The molecule has 1 atom stereocenters. The number of nitrogens with zero attached hydrogens (tertiary/aromatic N) is 1. The first-order valence-electron chi connectivity index (χ1n) is 4.08. The van der Waals surface area contributed by atoms with Crippen molar-refractivity contribution in [2.24, 2.45) is 5.73 Å². The van der Waals surface area contributed by atoms with E-state index < -0.39 is 6.04 Å². The number of amides is 2. The molecule has 0 aromatic heterocycles. The molecular formula is C7H12N4O2S. The third kappa shape index (κ3) is 2.93. The van der Waals surface area contributed by atoms with Gasteiger partial charge in [-0.25, -0.2) is 5.01 Å². The van der Waals surface area contributed by atoms with Crippen molar-refractivity contribution in [1.29, 1.82) is 0 Å². The molecule has 0 radical (unpaired) electrons. The van der Waals surface area contributed by atoms with Crippen LogP contribution in [0.4, 0.5) is 0 Å². The summed E-state index contributed by atoms with van der Waals surface area (Å²) in [5, 5.41) is 4.14. The predicted molar refractivity (Wildman–Crippen MR) is 54.1 cm³/mol. The SMILES string of the molecule is CN1CC(NC(=O)CC(N)=S)C(=O)N1. The van der Waals surface area contributed by atoms with E-state index in [0.717, 1.165) is 0 Å². The van der Waals surface area contributed by atoms with Crippen molar-refractivity contribution < 1.29 is 9.59 Å². The summed E-state index contributed by atoms with van der Waals surface area (Å²) in [5.74, 6) is -0.545. The molecule has 1 aliphatic heterocycles. The van der Waals surface area contributed by atoms with Crippen LogP contribution in [-0.2, 0) is 9.59 Å². The summed E-state index contributed by atoms with van der Waals surface area (Å²) in [6.45, 7) is 0.446. The molecule has 0 bridgehead atoms. The van der Waals surface area contributed by atoms with Gasteiger partial charge in [-0.15, -0.1) is 0 Å². The second kappa shape index (κ2) is 4.34. The summed E-state index contributed by atoms with van der Waals surface area (Å²) in [4.78, 5) is 22.5. The lowest BCUT2D eigenvalue weighted by atomic mass is 10.3. The molecule has 0 spiro atoms. The number of carbonyl (C=O) groups excluding carboxylic acids is 2. The second-order valence-corrected chi connectivity index (χ2v) is 3.64. The van der Waals surface area contributed by atoms with E-state index in [1.54, 1.807) is 12.1 Å². The van der Waals surface area contributed by atoms with Crippen LogP contribution in [-0.4, -0.2) is 41.4 Å². The molecule has 0 saturated carbocycles. The first kappa shape index (κ1) is 10.9. The van der Waals surface area contributed by atoms with Crippen molar-refractivity contribution >= 4 is 29.0 Å². The number of carbonyl (C=O) groups is 2. The van der Waals surface area contributed by atoms with Gasteiger partial charge in [0.25, 0.3) is 5.91 Å². The normalized spacial score (nSPS) is 21.8. The molecule has 78 valence electrons. The third-order valence-electron chi connectivity index (χ3n) is 1.74. The van der Waals surface area contributed by atoms with Gasteiger partial charge in [0.1, 0.15) is 6.04 Å². The van der Waals surface area contributed by atoms with E-state index in [4.69, 9.17) is 5.73 Å². The van der Waals surface area contributed by atoms with Crippen LogP contribution in [0.1, 0.15) is 6.42 Å². The molecule has 4 N–H and O–H groups in total. The monoisotopic (exact) mass is 216 g/mol. The van der Waals surface area contributed by atoms with Crippen molar-refractivity contribution in [1.82, 2.24) is 15.8 Å². The van der Waals surface area contributed by atoms with Crippen molar-refractivity contribution in [2.75, 3.05) is 13.6 Å². The third-order valence-corrected chi connectivity index (χ3v) is 1.89. The van der Waals surface area contributed by atoms with E-state index in [-0.39, 0.29) is 23.2 Å². The summed E-state index contributed by atoms with van der Waals surface area (Å²) in [6, 6.07) is -0.512. The Kier molecular flexibility index (Phi) is 3.37. The maximum Gasteiger partial charge on any atom is 0.258 e. The van der Waals surface area contributed by atoms with Crippen LogP contribution in [0.3, 0.4) is 0 Å². The average molecular weight is 216 g/mol. The van der Waals surface area contributed by atoms with Gasteiger partial charge in [-0.2, -0.15) is 0 Å². The molecular weight excluding hydrogens is 204 g/mol. The predicted octanol–water partition coefficient (Wildman–Crippen LogP) is -1.88. The van der Waals surface area contributed by atoms with Crippen LogP contribution in [0.15, 0.2) is 0 Å². The maximum atomic E-state index is 11.2. The number of rotatable bonds is 3. The molecule has 7 heteroatoms. The van der Waals surface area contributed by atoms with Crippen molar-refractivity contribution in [2.45, 2.75) is 12.5 Å². The minimum atomic E-state index is -0.512. The number of hydrazine groups is 1. The summed E-state index contributed by atoms with van der Waals surface area (Å²) in [5.41, 5.74) is 7.73. The van der Waals surface area contributed by atoms with Crippen LogP contribution < -0.4 is 16.5 Å². The van der Waals surface area contributed by atoms with Gasteiger partial charge < -0.3 is 11.1 Å². The number of hydrogen-bond donors (Lipinski definition) is 3. The average Bonchev–Trinajstić information content (AvgIpc) is 2.28. The number of likely N-dealkylation sites (N-methyl/N-ethyl adjacent to an activating group) is 1. The van der Waals surface area contributed by atoms with Crippen LogP contribution >= 0.6 is 12.2 Å². The minimum Gasteiger partial charge on any atom is -0.393 e. The lowest BCUT2D eigenvalue weighted by Gasteiger charge is -2.08. The highest BCUT2D eigenvalue weighted by molar-refractivity contribution is 7.80. The molecule has 14 heavy (non-hydrogen) atoms. The molecule has 6 nitrogen and oxygen atoms in total. The Morgan fingerprint density at radius 3 is 2.93 bits per heavy atom. The quantitative estimate of drug-likeness (QED) is 0.481. The fourth-order valence-electron chi connectivity index (χ4n) is 1.18. The summed E-state index contributed by atoms with van der Waals surface area (Å²) in [6.07, 6.45) is -0.0250. The Balaban J connectivity index is 2.41. The topological polar surface area (TPSA) is 87.5 Å². The highest BCUT2D eigenvalue weighted by Crippen LogP contribution is 1.97. The number of thiocarbonyl (C=S) groups is 1. The first-order valence-corrected chi connectivity index (χ1v) is 4.49. The molecule has 0 aromatic rings. The minimum absolute atomic E-state index is 0.0250. The molecule has 1 heterocycles. The van der Waals surface area contributed by atoms with Crippen LogP contribution in [0.2, 0.25) is 0 Å². The van der Waals surface area contributed by atoms with Gasteiger partial charge in [-0.05, 0) is 0 Å². The highest BCUT2D eigenvalue weighted by atomic mass is 32.1. The van der Waals surface area contributed by atoms with E-state index in [9.17, 15) is 9.59 Å². The van der Waals surface area contributed by atoms with E-state index in [2.05, 4.69) is 23.0 Å². The van der Waals surface area contributed by atoms with Gasteiger partial charge in [-0.3, -0.25) is 15.0 Å². The zero-order chi connectivity index (χ0) is 10.7. The van der Waals surface area contributed by atoms with E-state index in [0.29, 0.717) is 6.54 Å². The van der Waals surface area contributed by atoms with Crippen LogP contribution in [0, 0.1) is 0 Å². The first-order chi connectivity index (χ1) is 6.49. The lowest BCUT2D eigenvalue weighted by molar-refractivity contribution is -0.127. The van der Waals surface area contributed by atoms with Crippen LogP contribution in [0.5, 0.6) is 0 Å². The van der Waals surface area contributed by atoms with Crippen LogP contribution in [0.25, 0.3) is 0 Å². The number of nitrogens with one attached hydrogen (secondary N) is 2. The Hall–Kier alpha value is -1.21. The van der Waals surface area contributed by atoms with Gasteiger partial charge in [0.05, 0.1) is 11.4 Å². The lowest BCUT2D eigenvalue weighted by Crippen LogP contribution is -2.42. The molecule has 0 aliphatic carbocycles. The Labute approximate surface area is 86.8 Å². The van der Waals surface area contributed by atoms with Gasteiger partial charge in [0.2, 0.25) is 5.91 Å². The van der Waals surface area contributed by atoms with Gasteiger partial charge in [-0.1, -0.05) is 12.2 Å². The number of hydrogen-bond acceptors (Lipinski definition) is 4. The molecule has 1 unspecified atom stereocenters. The summed E-state index contributed by atoms with van der Waals surface area (Å²) in [7, 11) is 1.72. The van der Waals surface area contributed by atoms with E-state index in [1.807, 2.05) is 0 Å². The zero-order valence-corrected chi connectivity index (χ0v) is 8.56. The Bertz CT molecular complexity index is 281. The fraction of sp³-hybridized carbons (Fsp3) is 0.571. The molecule has 1 saturated heterocycles. The molecule has 1 fully saturated rings. The standard InChI is InChI=1S/C7H12N4O2S/c1-11-3-4(7(13)10-11)9-6(12)2-5(8)14/h4H,2-3H2,1H3,(H2,8,14)(H,9,12)(H,10,13). The Morgan fingerprint density at radius 1 is 1.86 bits per heavy atom. The van der Waals surface area contributed by atoms with E-state index >= 15 is 0 Å². The molecule has 1 rings (SSSR count). The van der Waals surface area contributed by atoms with Gasteiger partial charge in [0.15, 0.2) is 0 Å². The molecule has 1 aliphatic rings. The molecule has 0 aromatic carbocycles. The summed E-state index contributed by atoms with van der Waals surface area (Å²) >= 11 is 4.57. The van der Waals surface area contributed by atoms with Gasteiger partial charge in [0, 0.05) is 13.6 Å². The number of nitrogens with two attached hydrogens (primary N) is 1. The second-order valence-electron chi connectivity index (χ2n) is 3.12. The summed E-state index contributed by atoms with van der Waals surface area (Å²) < 4.78 is 0. The highest BCUT2D eigenvalue weighted by Gasteiger charge is 2.29. The zero-order valence-electron chi connectivity index (χ0n) is 7.74. The maximum absolute atomic E-state index is 11.2. The fourth-order valence-corrected chi connectivity index (χ4v) is 1.31.